The smallest absolute Gasteiger partial charge is 0.127 e. The molecular formula is C15H23N3. The molecule has 0 saturated carbocycles. The highest BCUT2D eigenvalue weighted by molar-refractivity contribution is 5.77. The Labute approximate surface area is 109 Å². The summed E-state index contributed by atoms with van der Waals surface area (Å²) in [6.07, 6.45) is 0. The molecule has 98 valence electrons. The molecule has 0 aliphatic heterocycles. The number of nitrogens with two attached hydrogens (primary N) is 1. The van der Waals surface area contributed by atoms with Crippen molar-refractivity contribution in [3.63, 3.8) is 0 Å². The normalized spacial score (nSPS) is 13.8. The van der Waals surface area contributed by atoms with Gasteiger partial charge in [0.2, 0.25) is 0 Å². The van der Waals surface area contributed by atoms with Crippen molar-refractivity contribution in [2.75, 3.05) is 0 Å². The molecule has 1 atom stereocenters. The van der Waals surface area contributed by atoms with E-state index < -0.39 is 0 Å². The van der Waals surface area contributed by atoms with Gasteiger partial charge in [-0.25, -0.2) is 4.98 Å². The van der Waals surface area contributed by atoms with Gasteiger partial charge in [-0.3, -0.25) is 0 Å². The van der Waals surface area contributed by atoms with E-state index in [0.29, 0.717) is 12.0 Å². The summed E-state index contributed by atoms with van der Waals surface area (Å²) in [6.45, 7) is 10.7. The topological polar surface area (TPSA) is 43.8 Å². The van der Waals surface area contributed by atoms with Gasteiger partial charge >= 0.3 is 0 Å². The molecule has 0 amide bonds. The second-order valence-corrected chi connectivity index (χ2v) is 5.70. The molecule has 0 bridgehead atoms. The molecule has 18 heavy (non-hydrogen) atoms. The fraction of sp³-hybridized carbons (Fsp3) is 0.533. The average Bonchev–Trinajstić information content (AvgIpc) is 2.65. The van der Waals surface area contributed by atoms with Gasteiger partial charge in [0.05, 0.1) is 17.1 Å². The van der Waals surface area contributed by atoms with Crippen LogP contribution >= 0.6 is 0 Å². The Hall–Kier alpha value is -1.35. The summed E-state index contributed by atoms with van der Waals surface area (Å²) in [4.78, 5) is 4.75. The lowest BCUT2D eigenvalue weighted by Crippen LogP contribution is -2.22. The quantitative estimate of drug-likeness (QED) is 0.898. The van der Waals surface area contributed by atoms with Gasteiger partial charge in [0.25, 0.3) is 0 Å². The molecule has 0 saturated heterocycles. The van der Waals surface area contributed by atoms with Gasteiger partial charge in [-0.1, -0.05) is 19.9 Å². The zero-order valence-corrected chi connectivity index (χ0v) is 11.9. The summed E-state index contributed by atoms with van der Waals surface area (Å²) >= 11 is 0. The van der Waals surface area contributed by atoms with E-state index in [9.17, 15) is 0 Å². The third-order valence-corrected chi connectivity index (χ3v) is 3.41. The molecule has 3 heteroatoms. The van der Waals surface area contributed by atoms with Crippen LogP contribution in [0.4, 0.5) is 0 Å². The first kappa shape index (κ1) is 13.1. The summed E-state index contributed by atoms with van der Waals surface area (Å²) in [7, 11) is 0. The van der Waals surface area contributed by atoms with E-state index in [1.165, 1.54) is 11.1 Å². The first-order valence-corrected chi connectivity index (χ1v) is 6.66. The first-order chi connectivity index (χ1) is 8.41. The van der Waals surface area contributed by atoms with Crippen molar-refractivity contribution >= 4 is 11.0 Å². The molecule has 0 aliphatic carbocycles. The standard InChI is InChI=1S/C15H23N3/c1-9(2)14(16)15-17-12-8-11(5)6-7-13(12)18(15)10(3)4/h6-10,14H,16H2,1-5H3. The van der Waals surface area contributed by atoms with Gasteiger partial charge in [-0.05, 0) is 44.4 Å². The van der Waals surface area contributed by atoms with Crippen molar-refractivity contribution in [1.29, 1.82) is 0 Å². The number of hydrogen-bond acceptors (Lipinski definition) is 2. The van der Waals surface area contributed by atoms with E-state index >= 15 is 0 Å². The van der Waals surface area contributed by atoms with Crippen LogP contribution in [0.5, 0.6) is 0 Å². The molecule has 0 fully saturated rings. The number of nitrogens with zero attached hydrogens (tertiary/aromatic N) is 2. The number of aromatic nitrogens is 2. The fourth-order valence-electron chi connectivity index (χ4n) is 2.30. The van der Waals surface area contributed by atoms with Crippen LogP contribution in [0.15, 0.2) is 18.2 Å². The second-order valence-electron chi connectivity index (χ2n) is 5.70. The average molecular weight is 245 g/mol. The minimum absolute atomic E-state index is 0.0138. The van der Waals surface area contributed by atoms with Crippen LogP contribution in [0, 0.1) is 12.8 Å². The Morgan fingerprint density at radius 1 is 1.17 bits per heavy atom. The first-order valence-electron chi connectivity index (χ1n) is 6.66. The zero-order chi connectivity index (χ0) is 13.4. The van der Waals surface area contributed by atoms with Crippen LogP contribution in [0.2, 0.25) is 0 Å². The van der Waals surface area contributed by atoms with Crippen molar-refractivity contribution in [3.8, 4) is 0 Å². The lowest BCUT2D eigenvalue weighted by molar-refractivity contribution is 0.453. The van der Waals surface area contributed by atoms with Gasteiger partial charge < -0.3 is 10.3 Å². The maximum Gasteiger partial charge on any atom is 0.127 e. The highest BCUT2D eigenvalue weighted by Gasteiger charge is 2.20. The van der Waals surface area contributed by atoms with E-state index in [-0.39, 0.29) is 6.04 Å². The zero-order valence-electron chi connectivity index (χ0n) is 11.9. The maximum atomic E-state index is 6.29. The van der Waals surface area contributed by atoms with Crippen molar-refractivity contribution in [1.82, 2.24) is 9.55 Å². The lowest BCUT2D eigenvalue weighted by atomic mass is 10.0. The predicted octanol–water partition coefficient (Wildman–Crippen LogP) is 3.58. The van der Waals surface area contributed by atoms with Crippen LogP contribution in [-0.4, -0.2) is 9.55 Å². The number of rotatable bonds is 3. The fourth-order valence-corrected chi connectivity index (χ4v) is 2.30. The van der Waals surface area contributed by atoms with Crippen molar-refractivity contribution in [3.05, 3.63) is 29.6 Å². The largest absolute Gasteiger partial charge is 0.324 e. The van der Waals surface area contributed by atoms with Gasteiger partial charge in [0, 0.05) is 6.04 Å². The van der Waals surface area contributed by atoms with E-state index in [2.05, 4.69) is 57.4 Å². The molecule has 1 aromatic carbocycles. The van der Waals surface area contributed by atoms with E-state index in [1.54, 1.807) is 0 Å². The van der Waals surface area contributed by atoms with Crippen molar-refractivity contribution in [2.24, 2.45) is 11.7 Å². The summed E-state index contributed by atoms with van der Waals surface area (Å²) < 4.78 is 2.26. The summed E-state index contributed by atoms with van der Waals surface area (Å²) in [5.41, 5.74) is 9.76. The van der Waals surface area contributed by atoms with Gasteiger partial charge in [0.1, 0.15) is 5.82 Å². The Morgan fingerprint density at radius 2 is 1.83 bits per heavy atom. The second kappa shape index (κ2) is 4.73. The SMILES string of the molecule is Cc1ccc2c(c1)nc(C(N)C(C)C)n2C(C)C. The monoisotopic (exact) mass is 245 g/mol. The van der Waals surface area contributed by atoms with Crippen LogP contribution in [0.25, 0.3) is 11.0 Å². The molecule has 1 heterocycles. The van der Waals surface area contributed by atoms with Crippen molar-refractivity contribution in [2.45, 2.75) is 46.7 Å². The number of fused-ring (bicyclic) bond motifs is 1. The third-order valence-electron chi connectivity index (χ3n) is 3.41. The van der Waals surface area contributed by atoms with E-state index in [0.717, 1.165) is 11.3 Å². The van der Waals surface area contributed by atoms with Crippen LogP contribution in [-0.2, 0) is 0 Å². The van der Waals surface area contributed by atoms with E-state index in [1.807, 2.05) is 0 Å². The Balaban J connectivity index is 2.68. The maximum absolute atomic E-state index is 6.29. The highest BCUT2D eigenvalue weighted by Crippen LogP contribution is 2.27. The Morgan fingerprint density at radius 3 is 2.39 bits per heavy atom. The van der Waals surface area contributed by atoms with Crippen molar-refractivity contribution < 1.29 is 0 Å². The van der Waals surface area contributed by atoms with E-state index in [4.69, 9.17) is 10.7 Å². The number of aryl methyl sites for hydroxylation is 1. The van der Waals surface area contributed by atoms with Crippen LogP contribution in [0.1, 0.15) is 51.2 Å². The van der Waals surface area contributed by atoms with Crippen LogP contribution in [0.3, 0.4) is 0 Å². The molecule has 0 radical (unpaired) electrons. The minimum atomic E-state index is -0.0138. The highest BCUT2D eigenvalue weighted by atomic mass is 15.1. The molecule has 3 nitrogen and oxygen atoms in total. The Bertz CT molecular complexity index is 552. The minimum Gasteiger partial charge on any atom is -0.324 e. The summed E-state index contributed by atoms with van der Waals surface area (Å²) in [5, 5.41) is 0. The summed E-state index contributed by atoms with van der Waals surface area (Å²) in [6, 6.07) is 6.77. The molecule has 2 N–H and O–H groups in total. The van der Waals surface area contributed by atoms with Gasteiger partial charge in [0.15, 0.2) is 0 Å². The van der Waals surface area contributed by atoms with Gasteiger partial charge in [-0.2, -0.15) is 0 Å². The molecule has 2 rings (SSSR count). The number of hydrogen-bond donors (Lipinski definition) is 1. The third kappa shape index (κ3) is 2.15. The number of benzene rings is 1. The molecular weight excluding hydrogens is 222 g/mol. The number of imidazole rings is 1. The molecule has 0 spiro atoms. The van der Waals surface area contributed by atoms with Gasteiger partial charge in [-0.15, -0.1) is 0 Å². The molecule has 0 aliphatic rings. The predicted molar refractivity (Wildman–Crippen MR) is 76.6 cm³/mol. The summed E-state index contributed by atoms with van der Waals surface area (Å²) in [5.74, 6) is 1.39. The molecule has 2 aromatic rings. The van der Waals surface area contributed by atoms with Crippen LogP contribution < -0.4 is 5.73 Å². The molecule has 1 aromatic heterocycles. The lowest BCUT2D eigenvalue weighted by Gasteiger charge is -2.20. The molecule has 1 unspecified atom stereocenters. The Kier molecular flexibility index (Phi) is 3.44.